The monoisotopic (exact) mass is 350 g/mol. The van der Waals surface area contributed by atoms with Gasteiger partial charge < -0.3 is 5.32 Å². The third kappa shape index (κ3) is 3.09. The zero-order valence-corrected chi connectivity index (χ0v) is 14.4. The molecule has 3 nitrogen and oxygen atoms in total. The molecule has 2 aromatic heterocycles. The first-order chi connectivity index (χ1) is 11.8. The molecule has 4 aromatic rings. The highest BCUT2D eigenvalue weighted by atomic mass is 32.1. The van der Waals surface area contributed by atoms with E-state index in [4.69, 9.17) is 0 Å². The standard InChI is InChI=1S/C19H14N2OS2/c22-18(20-12-13-6-2-1-3-7-13)16-10-11-17(23-16)19-21-14-8-4-5-9-15(14)24-19/h1-11H,12H2,(H,20,22). The van der Waals surface area contributed by atoms with Crippen LogP contribution in [0.5, 0.6) is 0 Å². The highest BCUT2D eigenvalue weighted by Crippen LogP contribution is 2.34. The molecule has 0 atom stereocenters. The molecule has 0 radical (unpaired) electrons. The molecule has 1 amide bonds. The van der Waals surface area contributed by atoms with E-state index in [1.54, 1.807) is 11.3 Å². The predicted octanol–water partition coefficient (Wildman–Crippen LogP) is 4.95. The van der Waals surface area contributed by atoms with E-state index in [0.29, 0.717) is 11.4 Å². The van der Waals surface area contributed by atoms with Gasteiger partial charge in [-0.1, -0.05) is 42.5 Å². The summed E-state index contributed by atoms with van der Waals surface area (Å²) in [5, 5.41) is 3.92. The van der Waals surface area contributed by atoms with Crippen molar-refractivity contribution in [2.45, 2.75) is 6.54 Å². The highest BCUT2D eigenvalue weighted by molar-refractivity contribution is 7.26. The molecule has 5 heteroatoms. The molecule has 0 unspecified atom stereocenters. The van der Waals surface area contributed by atoms with Crippen LogP contribution in [0, 0.1) is 0 Å². The number of carbonyl (C=O) groups excluding carboxylic acids is 1. The number of hydrogen-bond acceptors (Lipinski definition) is 4. The minimum absolute atomic E-state index is 0.0452. The number of fused-ring (bicyclic) bond motifs is 1. The molecule has 0 bridgehead atoms. The first-order valence-corrected chi connectivity index (χ1v) is 9.21. The Morgan fingerprint density at radius 3 is 2.54 bits per heavy atom. The second-order valence-corrected chi connectivity index (χ2v) is 7.43. The van der Waals surface area contributed by atoms with E-state index in [1.807, 2.05) is 60.7 Å². The molecule has 4 rings (SSSR count). The van der Waals surface area contributed by atoms with E-state index in [-0.39, 0.29) is 5.91 Å². The van der Waals surface area contributed by atoms with E-state index in [9.17, 15) is 4.79 Å². The number of para-hydroxylation sites is 1. The average Bonchev–Trinajstić information content (AvgIpc) is 3.27. The van der Waals surface area contributed by atoms with Crippen molar-refractivity contribution in [1.82, 2.24) is 10.3 Å². The molecule has 2 aromatic carbocycles. The average molecular weight is 350 g/mol. The SMILES string of the molecule is O=C(NCc1ccccc1)c1ccc(-c2nc3ccccc3s2)s1. The van der Waals surface area contributed by atoms with Crippen molar-refractivity contribution in [3.05, 3.63) is 77.2 Å². The second-order valence-electron chi connectivity index (χ2n) is 5.32. The van der Waals surface area contributed by atoms with Crippen LogP contribution in [0.15, 0.2) is 66.7 Å². The van der Waals surface area contributed by atoms with Gasteiger partial charge in [-0.3, -0.25) is 4.79 Å². The number of hydrogen-bond donors (Lipinski definition) is 1. The Labute approximate surface area is 147 Å². The van der Waals surface area contributed by atoms with E-state index in [1.165, 1.54) is 11.3 Å². The first kappa shape index (κ1) is 15.1. The quantitative estimate of drug-likeness (QED) is 0.565. The van der Waals surface area contributed by atoms with Crippen molar-refractivity contribution >= 4 is 38.8 Å². The number of nitrogens with zero attached hydrogens (tertiary/aromatic N) is 1. The maximum Gasteiger partial charge on any atom is 0.261 e. The Hall–Kier alpha value is -2.50. The van der Waals surface area contributed by atoms with Crippen LogP contribution >= 0.6 is 22.7 Å². The first-order valence-electron chi connectivity index (χ1n) is 7.57. The van der Waals surface area contributed by atoms with Crippen molar-refractivity contribution in [2.75, 3.05) is 0 Å². The molecule has 1 N–H and O–H groups in total. The Morgan fingerprint density at radius 2 is 1.71 bits per heavy atom. The molecule has 0 saturated carbocycles. The predicted molar refractivity (Wildman–Crippen MR) is 101 cm³/mol. The second kappa shape index (κ2) is 6.55. The number of carbonyl (C=O) groups is 1. The van der Waals surface area contributed by atoms with Gasteiger partial charge in [-0.05, 0) is 29.8 Å². The lowest BCUT2D eigenvalue weighted by Crippen LogP contribution is -2.21. The molecular weight excluding hydrogens is 336 g/mol. The molecule has 0 spiro atoms. The summed E-state index contributed by atoms with van der Waals surface area (Å²) in [4.78, 5) is 18.7. The lowest BCUT2D eigenvalue weighted by atomic mass is 10.2. The number of aromatic nitrogens is 1. The van der Waals surface area contributed by atoms with Crippen molar-refractivity contribution in [1.29, 1.82) is 0 Å². The summed E-state index contributed by atoms with van der Waals surface area (Å²) in [6.07, 6.45) is 0. The highest BCUT2D eigenvalue weighted by Gasteiger charge is 2.13. The van der Waals surface area contributed by atoms with E-state index >= 15 is 0 Å². The normalized spacial score (nSPS) is 10.8. The van der Waals surface area contributed by atoms with Crippen molar-refractivity contribution in [2.24, 2.45) is 0 Å². The molecule has 24 heavy (non-hydrogen) atoms. The van der Waals surface area contributed by atoms with Gasteiger partial charge in [0.05, 0.1) is 20.0 Å². The Bertz CT molecular complexity index is 956. The van der Waals surface area contributed by atoms with Gasteiger partial charge in [0.25, 0.3) is 5.91 Å². The zero-order valence-electron chi connectivity index (χ0n) is 12.7. The van der Waals surface area contributed by atoms with Crippen LogP contribution in [-0.4, -0.2) is 10.9 Å². The largest absolute Gasteiger partial charge is 0.347 e. The van der Waals surface area contributed by atoms with Crippen LogP contribution < -0.4 is 5.32 Å². The number of thiophene rings is 1. The number of rotatable bonds is 4. The van der Waals surface area contributed by atoms with Gasteiger partial charge in [-0.15, -0.1) is 22.7 Å². The Morgan fingerprint density at radius 1 is 0.917 bits per heavy atom. The third-order valence-corrected chi connectivity index (χ3v) is 5.92. The van der Waals surface area contributed by atoms with Gasteiger partial charge in [-0.2, -0.15) is 0 Å². The van der Waals surface area contributed by atoms with Crippen LogP contribution in [-0.2, 0) is 6.54 Å². The summed E-state index contributed by atoms with van der Waals surface area (Å²) in [7, 11) is 0. The minimum Gasteiger partial charge on any atom is -0.347 e. The van der Waals surface area contributed by atoms with Crippen LogP contribution in [0.25, 0.3) is 20.1 Å². The number of benzene rings is 2. The topological polar surface area (TPSA) is 42.0 Å². The number of nitrogens with one attached hydrogen (secondary N) is 1. The summed E-state index contributed by atoms with van der Waals surface area (Å²) in [6.45, 7) is 0.536. The van der Waals surface area contributed by atoms with E-state index in [0.717, 1.165) is 25.7 Å². The lowest BCUT2D eigenvalue weighted by Gasteiger charge is -2.03. The van der Waals surface area contributed by atoms with Gasteiger partial charge >= 0.3 is 0 Å². The molecular formula is C19H14N2OS2. The summed E-state index contributed by atoms with van der Waals surface area (Å²) in [5.74, 6) is -0.0452. The lowest BCUT2D eigenvalue weighted by molar-refractivity contribution is 0.0955. The fourth-order valence-electron chi connectivity index (χ4n) is 2.42. The van der Waals surface area contributed by atoms with Crippen molar-refractivity contribution in [3.63, 3.8) is 0 Å². The van der Waals surface area contributed by atoms with Gasteiger partial charge in [0, 0.05) is 6.54 Å². The van der Waals surface area contributed by atoms with Gasteiger partial charge in [-0.25, -0.2) is 4.98 Å². The number of amides is 1. The third-order valence-electron chi connectivity index (χ3n) is 3.63. The molecule has 0 saturated heterocycles. The molecule has 2 heterocycles. The maximum atomic E-state index is 12.3. The van der Waals surface area contributed by atoms with Crippen LogP contribution in [0.1, 0.15) is 15.2 Å². The molecule has 118 valence electrons. The van der Waals surface area contributed by atoms with E-state index < -0.39 is 0 Å². The fourth-order valence-corrected chi connectivity index (χ4v) is 4.36. The summed E-state index contributed by atoms with van der Waals surface area (Å²) < 4.78 is 1.16. The Balaban J connectivity index is 1.50. The van der Waals surface area contributed by atoms with Crippen LogP contribution in [0.4, 0.5) is 0 Å². The summed E-state index contributed by atoms with van der Waals surface area (Å²) in [5.41, 5.74) is 2.09. The van der Waals surface area contributed by atoms with Gasteiger partial charge in [0.2, 0.25) is 0 Å². The summed E-state index contributed by atoms with van der Waals surface area (Å²) in [6, 6.07) is 21.8. The van der Waals surface area contributed by atoms with Crippen molar-refractivity contribution in [3.8, 4) is 9.88 Å². The minimum atomic E-state index is -0.0452. The van der Waals surface area contributed by atoms with Crippen LogP contribution in [0.2, 0.25) is 0 Å². The van der Waals surface area contributed by atoms with Gasteiger partial charge in [0.15, 0.2) is 0 Å². The number of thiazole rings is 1. The molecule has 0 aliphatic carbocycles. The van der Waals surface area contributed by atoms with Crippen molar-refractivity contribution < 1.29 is 4.79 Å². The molecule has 0 fully saturated rings. The zero-order chi connectivity index (χ0) is 16.4. The van der Waals surface area contributed by atoms with E-state index in [2.05, 4.69) is 16.4 Å². The Kier molecular flexibility index (Phi) is 4.11. The van der Waals surface area contributed by atoms with Gasteiger partial charge in [0.1, 0.15) is 5.01 Å². The summed E-state index contributed by atoms with van der Waals surface area (Å²) >= 11 is 3.13. The van der Waals surface area contributed by atoms with Crippen LogP contribution in [0.3, 0.4) is 0 Å². The smallest absolute Gasteiger partial charge is 0.261 e. The molecule has 0 aliphatic heterocycles. The molecule has 0 aliphatic rings. The fraction of sp³-hybridized carbons (Fsp3) is 0.0526. The maximum absolute atomic E-state index is 12.3.